The smallest absolute Gasteiger partial charge is 0.251 e. The Hall–Kier alpha value is -1.84. The second-order valence-corrected chi connectivity index (χ2v) is 4.39. The third-order valence-corrected chi connectivity index (χ3v) is 3.09. The zero-order valence-electron chi connectivity index (χ0n) is 11.4. The van der Waals surface area contributed by atoms with Gasteiger partial charge in [0.25, 0.3) is 5.91 Å². The SMILES string of the molecule is CNC(=O)c1ccc(-c2ccc(CCN)cc2)cc1.Cl. The summed E-state index contributed by atoms with van der Waals surface area (Å²) in [6.07, 6.45) is 0.899. The number of carbonyl (C=O) groups is 1. The van der Waals surface area contributed by atoms with E-state index in [1.54, 1.807) is 7.05 Å². The van der Waals surface area contributed by atoms with E-state index in [4.69, 9.17) is 5.73 Å². The summed E-state index contributed by atoms with van der Waals surface area (Å²) in [4.78, 5) is 11.5. The number of halogens is 1. The third-order valence-electron chi connectivity index (χ3n) is 3.09. The van der Waals surface area contributed by atoms with Gasteiger partial charge in [0, 0.05) is 12.6 Å². The Morgan fingerprint density at radius 3 is 1.95 bits per heavy atom. The molecule has 0 spiro atoms. The predicted molar refractivity (Wildman–Crippen MR) is 85.3 cm³/mol. The average molecular weight is 291 g/mol. The van der Waals surface area contributed by atoms with Crippen LogP contribution < -0.4 is 11.1 Å². The molecule has 0 aromatic heterocycles. The lowest BCUT2D eigenvalue weighted by molar-refractivity contribution is 0.0963. The largest absolute Gasteiger partial charge is 0.355 e. The molecule has 0 saturated heterocycles. The standard InChI is InChI=1S/C16H18N2O.ClH/c1-18-16(19)15-8-6-14(7-9-15)13-4-2-12(3-5-13)10-11-17;/h2-9H,10-11,17H2,1H3,(H,18,19);1H. The van der Waals surface area contributed by atoms with Crippen LogP contribution in [0.4, 0.5) is 0 Å². The molecule has 0 bridgehead atoms. The zero-order valence-corrected chi connectivity index (χ0v) is 12.2. The molecule has 0 heterocycles. The molecule has 106 valence electrons. The molecule has 2 aromatic carbocycles. The van der Waals surface area contributed by atoms with Crippen LogP contribution in [0.2, 0.25) is 0 Å². The van der Waals surface area contributed by atoms with Crippen molar-refractivity contribution in [1.82, 2.24) is 5.32 Å². The monoisotopic (exact) mass is 290 g/mol. The van der Waals surface area contributed by atoms with Crippen molar-refractivity contribution in [2.75, 3.05) is 13.6 Å². The molecule has 0 aliphatic carbocycles. The Kier molecular flexibility index (Phi) is 6.22. The van der Waals surface area contributed by atoms with Gasteiger partial charge in [-0.1, -0.05) is 36.4 Å². The number of hydrogen-bond acceptors (Lipinski definition) is 2. The van der Waals surface area contributed by atoms with E-state index in [0.29, 0.717) is 12.1 Å². The number of carbonyl (C=O) groups excluding carboxylic acids is 1. The number of nitrogens with one attached hydrogen (secondary N) is 1. The number of hydrogen-bond donors (Lipinski definition) is 2. The summed E-state index contributed by atoms with van der Waals surface area (Å²) in [5.74, 6) is -0.0650. The van der Waals surface area contributed by atoms with E-state index in [0.717, 1.165) is 17.5 Å². The van der Waals surface area contributed by atoms with E-state index in [1.807, 2.05) is 24.3 Å². The normalized spacial score (nSPS) is 9.70. The Labute approximate surface area is 125 Å². The van der Waals surface area contributed by atoms with E-state index in [2.05, 4.69) is 29.6 Å². The first-order chi connectivity index (χ1) is 9.24. The number of nitrogens with two attached hydrogens (primary N) is 1. The first-order valence-electron chi connectivity index (χ1n) is 6.36. The molecule has 4 heteroatoms. The van der Waals surface area contributed by atoms with Crippen LogP contribution in [0.25, 0.3) is 11.1 Å². The molecule has 0 atom stereocenters. The topological polar surface area (TPSA) is 55.1 Å². The van der Waals surface area contributed by atoms with Crippen LogP contribution in [-0.2, 0) is 6.42 Å². The molecule has 2 aromatic rings. The molecular formula is C16H19ClN2O. The highest BCUT2D eigenvalue weighted by molar-refractivity contribution is 5.94. The summed E-state index contributed by atoms with van der Waals surface area (Å²) in [6, 6.07) is 15.9. The van der Waals surface area contributed by atoms with E-state index in [-0.39, 0.29) is 18.3 Å². The highest BCUT2D eigenvalue weighted by atomic mass is 35.5. The molecule has 0 saturated carbocycles. The van der Waals surface area contributed by atoms with E-state index >= 15 is 0 Å². The quantitative estimate of drug-likeness (QED) is 0.909. The maximum absolute atomic E-state index is 11.5. The summed E-state index contributed by atoms with van der Waals surface area (Å²) >= 11 is 0. The summed E-state index contributed by atoms with van der Waals surface area (Å²) in [6.45, 7) is 0.667. The predicted octanol–water partition coefficient (Wildman–Crippen LogP) is 2.64. The minimum Gasteiger partial charge on any atom is -0.355 e. The van der Waals surface area contributed by atoms with Gasteiger partial charge < -0.3 is 11.1 Å². The van der Waals surface area contributed by atoms with Crippen molar-refractivity contribution in [1.29, 1.82) is 0 Å². The van der Waals surface area contributed by atoms with Gasteiger partial charge >= 0.3 is 0 Å². The first-order valence-corrected chi connectivity index (χ1v) is 6.36. The first kappa shape index (κ1) is 16.2. The van der Waals surface area contributed by atoms with Gasteiger partial charge in [-0.2, -0.15) is 0 Å². The van der Waals surface area contributed by atoms with E-state index < -0.39 is 0 Å². The Morgan fingerprint density at radius 1 is 1.00 bits per heavy atom. The van der Waals surface area contributed by atoms with Gasteiger partial charge in [0.1, 0.15) is 0 Å². The second kappa shape index (κ2) is 7.68. The molecule has 3 N–H and O–H groups in total. The second-order valence-electron chi connectivity index (χ2n) is 4.39. The van der Waals surface area contributed by atoms with E-state index in [9.17, 15) is 4.79 Å². The lowest BCUT2D eigenvalue weighted by atomic mass is 10.0. The maximum Gasteiger partial charge on any atom is 0.251 e. The molecule has 3 nitrogen and oxygen atoms in total. The van der Waals surface area contributed by atoms with E-state index in [1.165, 1.54) is 5.56 Å². The van der Waals surface area contributed by atoms with Gasteiger partial charge in [-0.25, -0.2) is 0 Å². The van der Waals surface area contributed by atoms with Crippen molar-refractivity contribution in [3.05, 3.63) is 59.7 Å². The molecule has 0 radical (unpaired) electrons. The summed E-state index contributed by atoms with van der Waals surface area (Å²) < 4.78 is 0. The third kappa shape index (κ3) is 3.83. The number of rotatable bonds is 4. The fourth-order valence-corrected chi connectivity index (χ4v) is 1.99. The van der Waals surface area contributed by atoms with Crippen LogP contribution in [0.1, 0.15) is 15.9 Å². The lowest BCUT2D eigenvalue weighted by Crippen LogP contribution is -2.17. The highest BCUT2D eigenvalue weighted by Gasteiger charge is 2.03. The van der Waals surface area contributed by atoms with Crippen LogP contribution >= 0.6 is 12.4 Å². The molecule has 0 aliphatic heterocycles. The van der Waals surface area contributed by atoms with Crippen molar-refractivity contribution >= 4 is 18.3 Å². The zero-order chi connectivity index (χ0) is 13.7. The van der Waals surface area contributed by atoms with Crippen LogP contribution in [-0.4, -0.2) is 19.5 Å². The minimum absolute atomic E-state index is 0. The van der Waals surface area contributed by atoms with Gasteiger partial charge in [0.15, 0.2) is 0 Å². The average Bonchev–Trinajstić information content (AvgIpc) is 2.48. The van der Waals surface area contributed by atoms with Crippen molar-refractivity contribution in [3.8, 4) is 11.1 Å². The van der Waals surface area contributed by atoms with Crippen molar-refractivity contribution < 1.29 is 4.79 Å². The molecule has 0 unspecified atom stereocenters. The fraction of sp³-hybridized carbons (Fsp3) is 0.188. The summed E-state index contributed by atoms with van der Waals surface area (Å²) in [5.41, 5.74) is 9.69. The van der Waals surface area contributed by atoms with Gasteiger partial charge in [-0.05, 0) is 41.8 Å². The summed E-state index contributed by atoms with van der Waals surface area (Å²) in [5, 5.41) is 2.61. The Bertz CT molecular complexity index is 550. The Morgan fingerprint density at radius 2 is 1.50 bits per heavy atom. The highest BCUT2D eigenvalue weighted by Crippen LogP contribution is 2.20. The fourth-order valence-electron chi connectivity index (χ4n) is 1.99. The van der Waals surface area contributed by atoms with Gasteiger partial charge in [0.2, 0.25) is 0 Å². The summed E-state index contributed by atoms with van der Waals surface area (Å²) in [7, 11) is 1.63. The molecule has 2 rings (SSSR count). The van der Waals surface area contributed by atoms with Crippen LogP contribution in [0.15, 0.2) is 48.5 Å². The van der Waals surface area contributed by atoms with Gasteiger partial charge in [0.05, 0.1) is 0 Å². The van der Waals surface area contributed by atoms with Crippen molar-refractivity contribution in [3.63, 3.8) is 0 Å². The van der Waals surface area contributed by atoms with Crippen molar-refractivity contribution in [2.24, 2.45) is 5.73 Å². The van der Waals surface area contributed by atoms with Crippen molar-refractivity contribution in [2.45, 2.75) is 6.42 Å². The maximum atomic E-state index is 11.5. The van der Waals surface area contributed by atoms with Gasteiger partial charge in [-0.15, -0.1) is 12.4 Å². The lowest BCUT2D eigenvalue weighted by Gasteiger charge is -2.05. The van der Waals surface area contributed by atoms with Gasteiger partial charge in [-0.3, -0.25) is 4.79 Å². The molecular weight excluding hydrogens is 272 g/mol. The molecule has 20 heavy (non-hydrogen) atoms. The van der Waals surface area contributed by atoms with Crippen LogP contribution in [0.3, 0.4) is 0 Å². The van der Waals surface area contributed by atoms with Crippen LogP contribution in [0, 0.1) is 0 Å². The molecule has 0 fully saturated rings. The molecule has 0 aliphatic rings. The number of amides is 1. The number of benzene rings is 2. The molecule has 1 amide bonds. The minimum atomic E-state index is -0.0650. The van der Waals surface area contributed by atoms with Crippen LogP contribution in [0.5, 0.6) is 0 Å². The Balaban J connectivity index is 0.00000200.